The molecular formula is C10H19NO3S. The zero-order chi connectivity index (χ0) is 11.3. The quantitative estimate of drug-likeness (QED) is 0.686. The molecule has 0 aliphatic carbocycles. The first kappa shape index (κ1) is 12.8. The fourth-order valence-electron chi connectivity index (χ4n) is 1.18. The summed E-state index contributed by atoms with van der Waals surface area (Å²) in [6.07, 6.45) is 0.945. The summed E-state index contributed by atoms with van der Waals surface area (Å²) >= 11 is 1.68. The van der Waals surface area contributed by atoms with Crippen LogP contribution in [0.5, 0.6) is 0 Å². The fourth-order valence-corrected chi connectivity index (χ4v) is 2.36. The second-order valence-electron chi connectivity index (χ2n) is 4.03. The van der Waals surface area contributed by atoms with Crippen molar-refractivity contribution < 1.29 is 14.6 Å². The van der Waals surface area contributed by atoms with Gasteiger partial charge in [0.1, 0.15) is 5.54 Å². The van der Waals surface area contributed by atoms with Crippen molar-refractivity contribution in [2.45, 2.75) is 31.1 Å². The van der Waals surface area contributed by atoms with Gasteiger partial charge in [-0.15, -0.1) is 0 Å². The van der Waals surface area contributed by atoms with Crippen molar-refractivity contribution in [3.05, 3.63) is 0 Å². The summed E-state index contributed by atoms with van der Waals surface area (Å²) in [6.45, 7) is 6.03. The van der Waals surface area contributed by atoms with Crippen molar-refractivity contribution in [1.82, 2.24) is 5.32 Å². The van der Waals surface area contributed by atoms with E-state index < -0.39 is 11.5 Å². The van der Waals surface area contributed by atoms with E-state index in [1.165, 1.54) is 0 Å². The normalized spacial score (nSPS) is 20.7. The predicted molar refractivity (Wildman–Crippen MR) is 61.4 cm³/mol. The van der Waals surface area contributed by atoms with Gasteiger partial charge in [-0.3, -0.25) is 4.79 Å². The lowest BCUT2D eigenvalue weighted by Crippen LogP contribution is -2.52. The van der Waals surface area contributed by atoms with Crippen molar-refractivity contribution in [1.29, 1.82) is 0 Å². The van der Waals surface area contributed by atoms with Gasteiger partial charge in [0, 0.05) is 5.75 Å². The van der Waals surface area contributed by atoms with Crippen LogP contribution in [0.2, 0.25) is 0 Å². The molecule has 0 bridgehead atoms. The summed E-state index contributed by atoms with van der Waals surface area (Å²) in [4.78, 5) is 11.1. The van der Waals surface area contributed by atoms with Crippen LogP contribution in [0.3, 0.4) is 0 Å². The van der Waals surface area contributed by atoms with Crippen LogP contribution in [0.15, 0.2) is 0 Å². The van der Waals surface area contributed by atoms with E-state index in [1.807, 2.05) is 6.92 Å². The molecule has 1 atom stereocenters. The maximum absolute atomic E-state index is 11.1. The Morgan fingerprint density at radius 1 is 1.67 bits per heavy atom. The van der Waals surface area contributed by atoms with Gasteiger partial charge in [0.25, 0.3) is 0 Å². The van der Waals surface area contributed by atoms with Crippen molar-refractivity contribution in [3.63, 3.8) is 0 Å². The number of carboxylic acids is 1. The Balaban J connectivity index is 2.36. The van der Waals surface area contributed by atoms with Gasteiger partial charge in [-0.25, -0.2) is 0 Å². The van der Waals surface area contributed by atoms with Crippen molar-refractivity contribution in [3.8, 4) is 0 Å². The van der Waals surface area contributed by atoms with Gasteiger partial charge in [-0.2, -0.15) is 11.8 Å². The molecule has 2 N–H and O–H groups in total. The van der Waals surface area contributed by atoms with Crippen LogP contribution >= 0.6 is 11.8 Å². The van der Waals surface area contributed by atoms with Crippen LogP contribution in [-0.2, 0) is 9.53 Å². The molecule has 1 unspecified atom stereocenters. The topological polar surface area (TPSA) is 58.6 Å². The molecule has 5 heteroatoms. The lowest BCUT2D eigenvalue weighted by Gasteiger charge is -2.31. The smallest absolute Gasteiger partial charge is 0.324 e. The molecule has 0 radical (unpaired) electrons. The molecule has 1 saturated heterocycles. The molecule has 0 spiro atoms. The Morgan fingerprint density at radius 3 is 2.73 bits per heavy atom. The van der Waals surface area contributed by atoms with E-state index in [0.29, 0.717) is 11.0 Å². The van der Waals surface area contributed by atoms with Crippen molar-refractivity contribution >= 4 is 17.7 Å². The number of hydrogen-bond acceptors (Lipinski definition) is 4. The first-order valence-corrected chi connectivity index (χ1v) is 6.31. The third kappa shape index (κ3) is 3.66. The zero-order valence-corrected chi connectivity index (χ0v) is 10.1. The SMILES string of the molecule is CCCNC(C)(CSC1COC1)C(=O)O. The molecule has 4 nitrogen and oxygen atoms in total. The summed E-state index contributed by atoms with van der Waals surface area (Å²) in [7, 11) is 0. The van der Waals surface area contributed by atoms with E-state index in [0.717, 1.165) is 26.2 Å². The van der Waals surface area contributed by atoms with E-state index in [4.69, 9.17) is 9.84 Å². The number of rotatable bonds is 7. The molecule has 0 aromatic carbocycles. The molecule has 1 rings (SSSR count). The summed E-state index contributed by atoms with van der Waals surface area (Å²) in [5.41, 5.74) is -0.809. The maximum atomic E-state index is 11.1. The van der Waals surface area contributed by atoms with Crippen LogP contribution in [0.1, 0.15) is 20.3 Å². The van der Waals surface area contributed by atoms with E-state index >= 15 is 0 Å². The Morgan fingerprint density at radius 2 is 2.33 bits per heavy atom. The van der Waals surface area contributed by atoms with Gasteiger partial charge in [-0.05, 0) is 19.9 Å². The molecule has 0 amide bonds. The minimum atomic E-state index is -0.809. The lowest BCUT2D eigenvalue weighted by atomic mass is 10.1. The van der Waals surface area contributed by atoms with Gasteiger partial charge in [0.15, 0.2) is 0 Å². The zero-order valence-electron chi connectivity index (χ0n) is 9.28. The third-order valence-electron chi connectivity index (χ3n) is 2.45. The Labute approximate surface area is 94.8 Å². The summed E-state index contributed by atoms with van der Waals surface area (Å²) in [5.74, 6) is -0.181. The minimum Gasteiger partial charge on any atom is -0.480 e. The first-order chi connectivity index (χ1) is 7.08. The lowest BCUT2D eigenvalue weighted by molar-refractivity contribution is -0.143. The highest BCUT2D eigenvalue weighted by molar-refractivity contribution is 8.00. The van der Waals surface area contributed by atoms with Crippen LogP contribution in [-0.4, -0.2) is 47.4 Å². The Bertz CT molecular complexity index is 221. The van der Waals surface area contributed by atoms with E-state index in [1.54, 1.807) is 18.7 Å². The Kier molecular flexibility index (Phi) is 4.89. The van der Waals surface area contributed by atoms with E-state index in [-0.39, 0.29) is 0 Å². The van der Waals surface area contributed by atoms with Gasteiger partial charge >= 0.3 is 5.97 Å². The van der Waals surface area contributed by atoms with Crippen LogP contribution in [0.25, 0.3) is 0 Å². The van der Waals surface area contributed by atoms with Gasteiger partial charge in [0.05, 0.1) is 18.5 Å². The van der Waals surface area contributed by atoms with Crippen molar-refractivity contribution in [2.75, 3.05) is 25.5 Å². The number of aliphatic carboxylic acids is 1. The number of hydrogen-bond donors (Lipinski definition) is 2. The average molecular weight is 233 g/mol. The summed E-state index contributed by atoms with van der Waals surface area (Å²) in [6, 6.07) is 0. The van der Waals surface area contributed by atoms with E-state index in [9.17, 15) is 4.79 Å². The highest BCUT2D eigenvalue weighted by Gasteiger charge is 2.34. The van der Waals surface area contributed by atoms with E-state index in [2.05, 4.69) is 5.32 Å². The van der Waals surface area contributed by atoms with Gasteiger partial charge in [0.2, 0.25) is 0 Å². The molecule has 15 heavy (non-hydrogen) atoms. The molecule has 1 heterocycles. The number of carboxylic acid groups (broad SMARTS) is 1. The monoisotopic (exact) mass is 233 g/mol. The molecule has 1 aliphatic rings. The largest absolute Gasteiger partial charge is 0.480 e. The summed E-state index contributed by atoms with van der Waals surface area (Å²) in [5, 5.41) is 12.7. The fraction of sp³-hybridized carbons (Fsp3) is 0.900. The first-order valence-electron chi connectivity index (χ1n) is 5.26. The van der Waals surface area contributed by atoms with Crippen LogP contribution < -0.4 is 5.32 Å². The number of carbonyl (C=O) groups is 1. The molecular weight excluding hydrogens is 214 g/mol. The predicted octanol–water partition coefficient (Wildman–Crippen LogP) is 0.961. The second kappa shape index (κ2) is 5.72. The number of nitrogens with one attached hydrogen (secondary N) is 1. The second-order valence-corrected chi connectivity index (χ2v) is 5.32. The Hall–Kier alpha value is -0.260. The van der Waals surface area contributed by atoms with Crippen molar-refractivity contribution in [2.24, 2.45) is 0 Å². The molecule has 0 aromatic rings. The minimum absolute atomic E-state index is 0.479. The molecule has 88 valence electrons. The standard InChI is InChI=1S/C10H19NO3S/c1-3-4-11-10(2,9(12)13)7-15-8-5-14-6-8/h8,11H,3-7H2,1-2H3,(H,12,13). The number of ether oxygens (including phenoxy) is 1. The van der Waals surface area contributed by atoms with Gasteiger partial charge < -0.3 is 15.2 Å². The summed E-state index contributed by atoms with van der Waals surface area (Å²) < 4.78 is 5.05. The highest BCUT2D eigenvalue weighted by Crippen LogP contribution is 2.23. The van der Waals surface area contributed by atoms with Gasteiger partial charge in [-0.1, -0.05) is 6.92 Å². The van der Waals surface area contributed by atoms with Crippen LogP contribution in [0, 0.1) is 0 Å². The molecule has 0 saturated carbocycles. The average Bonchev–Trinajstić information content (AvgIpc) is 2.12. The molecule has 1 aliphatic heterocycles. The maximum Gasteiger partial charge on any atom is 0.324 e. The number of thioether (sulfide) groups is 1. The highest BCUT2D eigenvalue weighted by atomic mass is 32.2. The molecule has 0 aromatic heterocycles. The third-order valence-corrected chi connectivity index (χ3v) is 3.94. The molecule has 1 fully saturated rings. The van der Waals surface area contributed by atoms with Crippen LogP contribution in [0.4, 0.5) is 0 Å².